The van der Waals surface area contributed by atoms with E-state index in [2.05, 4.69) is 312 Å². The molecular formula is C106H84BN5. The summed E-state index contributed by atoms with van der Waals surface area (Å²) in [6.07, 6.45) is 0. The van der Waals surface area contributed by atoms with Crippen molar-refractivity contribution >= 4 is 170 Å². The molecule has 0 saturated carbocycles. The fourth-order valence-electron chi connectivity index (χ4n) is 19.7. The zero-order chi connectivity index (χ0) is 84.4. The lowest BCUT2D eigenvalue weighted by molar-refractivity contribution is 0.590. The minimum atomic E-state index is -0.674. The van der Waals surface area contributed by atoms with Crippen LogP contribution >= 0.6 is 0 Å². The van der Waals surface area contributed by atoms with E-state index in [1.54, 1.807) is 0 Å². The zero-order valence-corrected chi connectivity index (χ0v) is 64.8. The molecule has 23 rings (SSSR count). The summed E-state index contributed by atoms with van der Waals surface area (Å²) in [6.45, 7) is 26.7. The number of hydrogen-bond acceptors (Lipinski definition) is 0. The summed E-state index contributed by atoms with van der Waals surface area (Å²) in [4.78, 5) is 0. The number of fused-ring (bicyclic) bond motifs is 27. The van der Waals surface area contributed by atoms with Gasteiger partial charge in [0.1, 0.15) is 0 Å². The predicted molar refractivity (Wildman–Crippen MR) is 481 cm³/mol. The maximum Gasteiger partial charge on any atom is 0.252 e. The molecule has 0 radical (unpaired) electrons. The molecule has 0 spiro atoms. The molecule has 0 unspecified atom stereocenters. The predicted octanol–water partition coefficient (Wildman–Crippen LogP) is 26.3. The number of benzene rings is 15. The third-order valence-electron chi connectivity index (χ3n) is 25.1. The van der Waals surface area contributed by atoms with Gasteiger partial charge in [-0.1, -0.05) is 265 Å². The van der Waals surface area contributed by atoms with Crippen LogP contribution in [0.4, 0.5) is 0 Å². The Morgan fingerprint density at radius 3 is 1.22 bits per heavy atom. The van der Waals surface area contributed by atoms with E-state index in [0.29, 0.717) is 21.9 Å². The number of rotatable bonds is 4. The minimum Gasteiger partial charge on any atom is -0.310 e. The molecule has 0 N–H and O–H groups in total. The Hall–Kier alpha value is -12.6. The van der Waals surface area contributed by atoms with E-state index in [1.807, 2.05) is 24.3 Å². The molecular weight excluding hydrogens is 1350 g/mol. The van der Waals surface area contributed by atoms with Crippen LogP contribution in [0.2, 0.25) is 0 Å². The molecule has 0 saturated heterocycles. The number of para-hydroxylation sites is 2. The van der Waals surface area contributed by atoms with Crippen molar-refractivity contribution in [2.75, 3.05) is 0 Å². The monoisotopic (exact) mass is 1450 g/mol. The molecule has 0 amide bonds. The summed E-state index contributed by atoms with van der Waals surface area (Å²) in [6, 6.07) is 81.3. The summed E-state index contributed by atoms with van der Waals surface area (Å²) in [5.74, 6) is 0. The smallest absolute Gasteiger partial charge is 0.252 e. The fourth-order valence-corrected chi connectivity index (χ4v) is 19.7. The number of aromatic nitrogens is 5. The lowest BCUT2D eigenvalue weighted by Gasteiger charge is -2.35. The Balaban J connectivity index is 0.962. The second kappa shape index (κ2) is 22.5. The highest BCUT2D eigenvalue weighted by Crippen LogP contribution is 2.50. The summed E-state index contributed by atoms with van der Waals surface area (Å²) in [5, 5.41) is 16.6. The molecule has 0 fully saturated rings. The van der Waals surface area contributed by atoms with Gasteiger partial charge in [-0.05, 0) is 213 Å². The zero-order valence-electron chi connectivity index (χ0n) is 74.8. The van der Waals surface area contributed by atoms with Gasteiger partial charge in [-0.25, -0.2) is 0 Å². The Kier molecular flexibility index (Phi) is 11.2. The van der Waals surface area contributed by atoms with Gasteiger partial charge in [0, 0.05) is 92.7 Å². The highest BCUT2D eigenvalue weighted by atomic mass is 15.1. The van der Waals surface area contributed by atoms with Gasteiger partial charge < -0.3 is 22.7 Å². The Morgan fingerprint density at radius 1 is 0.259 bits per heavy atom. The lowest BCUT2D eigenvalue weighted by Crippen LogP contribution is -2.59. The molecule has 0 bridgehead atoms. The number of hydrogen-bond donors (Lipinski definition) is 0. The van der Waals surface area contributed by atoms with E-state index in [4.69, 9.17) is 5.48 Å². The average molecular weight is 1450 g/mol. The van der Waals surface area contributed by atoms with Crippen molar-refractivity contribution in [3.63, 3.8) is 0 Å². The first-order valence-corrected chi connectivity index (χ1v) is 39.3. The Labute approximate surface area is 665 Å². The van der Waals surface area contributed by atoms with E-state index in [-0.39, 0.29) is 57.0 Å². The van der Waals surface area contributed by atoms with Gasteiger partial charge in [0.25, 0.3) is 6.71 Å². The molecule has 6 heteroatoms. The van der Waals surface area contributed by atoms with Gasteiger partial charge in [0.2, 0.25) is 0 Å². The second-order valence-electron chi connectivity index (χ2n) is 35.7. The summed E-state index contributed by atoms with van der Waals surface area (Å²) < 4.78 is 106. The van der Waals surface area contributed by atoms with Gasteiger partial charge in [-0.2, -0.15) is 0 Å². The SMILES string of the molecule is [2H]c1c([2H])c([2H])c(-c2ccc3c(c2)c2cc(-c4c([2H])c([2H])c([2H])c([2H])c4[2H])cc4c2n3-c2cc3c(c5c2B4c2cc(-n4c6ccc(C(C)(C)C)cc6c6cc(C(C)(C)C)ccc64)cc4c6cc(-n7c8ccc(C(C)(C)C)cc8c8cc(C(C)(C)C)ccc87)ccc6n-5c24)c2cccc4c5ccccc5c5ccccc5c5ccccc5n3c42)c([2H])c1[2H]. The van der Waals surface area contributed by atoms with E-state index in [0.717, 1.165) is 164 Å². The molecule has 5 nitrogen and oxygen atoms in total. The third kappa shape index (κ3) is 9.03. The normalized spacial score (nSPS) is 14.6. The van der Waals surface area contributed by atoms with E-state index in [9.17, 15) is 8.22 Å². The Bertz CT molecular complexity index is 8310. The van der Waals surface area contributed by atoms with Crippen LogP contribution in [-0.2, 0) is 21.7 Å². The third-order valence-corrected chi connectivity index (χ3v) is 25.1. The maximum absolute atomic E-state index is 9.92. The van der Waals surface area contributed by atoms with Crippen molar-refractivity contribution in [2.45, 2.75) is 105 Å². The van der Waals surface area contributed by atoms with Crippen LogP contribution in [0.3, 0.4) is 0 Å². The molecule has 0 aliphatic carbocycles. The van der Waals surface area contributed by atoms with Crippen LogP contribution in [0.5, 0.6) is 0 Å². The molecule has 536 valence electrons. The molecule has 6 aromatic heterocycles. The standard InChI is InChI=1S/C106H84BN5/c1-103(2,3)65-39-45-89-79(53-65)80-54-66(104(4,5)6)40-46-90(80)108(89)69-43-49-94-83(57-69)85-58-70(109-91-47-41-67(105(7,8)9)55-81(91)82-56-68(106(10,11)12)42-48-92(82)109)59-87-101(85)112(94)102-97-77-36-25-35-76-74-33-22-20-31-72(74)71-30-19-21-32-73(71)75-34-23-24-37-88(75)110(99(76)77)95(97)60-96-98(102)107(87)86-52-64(62-28-17-14-18-29-62)51-84-78-50-63(61-26-15-13-16-27-61)38-44-93(78)111(96)100(84)86/h13-60H,1-12H3/i13D,14D,15D,16D,17D,18D,26D,27D,28D,29D. The second-order valence-corrected chi connectivity index (χ2v) is 35.7. The molecule has 15 aromatic carbocycles. The fraction of sp³-hybridized carbons (Fsp3) is 0.151. The number of nitrogens with zero attached hydrogens (tertiary/aromatic N) is 5. The maximum atomic E-state index is 9.92. The quantitative estimate of drug-likeness (QED) is 0.157. The topological polar surface area (TPSA) is 24.1 Å². The molecule has 112 heavy (non-hydrogen) atoms. The first-order valence-electron chi connectivity index (χ1n) is 44.3. The highest BCUT2D eigenvalue weighted by Gasteiger charge is 2.44. The van der Waals surface area contributed by atoms with Gasteiger partial charge in [-0.15, -0.1) is 0 Å². The van der Waals surface area contributed by atoms with Crippen LogP contribution in [-0.4, -0.2) is 29.4 Å². The Morgan fingerprint density at radius 2 is 0.661 bits per heavy atom. The average Bonchev–Trinajstić information content (AvgIpc) is 1.48. The van der Waals surface area contributed by atoms with Crippen LogP contribution in [0.1, 0.15) is 119 Å². The highest BCUT2D eigenvalue weighted by molar-refractivity contribution is 7.00. The lowest BCUT2D eigenvalue weighted by atomic mass is 9.34. The molecule has 2 aliphatic heterocycles. The largest absolute Gasteiger partial charge is 0.310 e. The van der Waals surface area contributed by atoms with Crippen molar-refractivity contribution in [1.29, 1.82) is 0 Å². The van der Waals surface area contributed by atoms with Crippen LogP contribution in [0.25, 0.3) is 192 Å². The summed E-state index contributed by atoms with van der Waals surface area (Å²) >= 11 is 0. The molecule has 0 atom stereocenters. The van der Waals surface area contributed by atoms with Gasteiger partial charge >= 0.3 is 0 Å². The van der Waals surface area contributed by atoms with Crippen molar-refractivity contribution in [3.05, 3.63) is 313 Å². The van der Waals surface area contributed by atoms with Crippen molar-refractivity contribution in [1.82, 2.24) is 22.7 Å². The molecule has 8 heterocycles. The van der Waals surface area contributed by atoms with Gasteiger partial charge in [0.05, 0.1) is 69.0 Å². The van der Waals surface area contributed by atoms with Crippen LogP contribution in [0.15, 0.2) is 291 Å². The first kappa shape index (κ1) is 55.7. The first-order chi connectivity index (χ1) is 58.2. The van der Waals surface area contributed by atoms with Crippen LogP contribution in [0, 0.1) is 0 Å². The van der Waals surface area contributed by atoms with E-state index < -0.39 is 43.0 Å². The summed E-state index contributed by atoms with van der Waals surface area (Å²) in [5.41, 5.74) is 22.6. The van der Waals surface area contributed by atoms with Crippen molar-refractivity contribution < 1.29 is 13.7 Å². The van der Waals surface area contributed by atoms with Crippen molar-refractivity contribution in [2.24, 2.45) is 0 Å². The van der Waals surface area contributed by atoms with Crippen molar-refractivity contribution in [3.8, 4) is 45.0 Å². The van der Waals surface area contributed by atoms with Gasteiger partial charge in [-0.3, -0.25) is 0 Å². The van der Waals surface area contributed by atoms with Gasteiger partial charge in [0.15, 0.2) is 0 Å². The molecule has 21 aromatic rings. The van der Waals surface area contributed by atoms with E-state index in [1.165, 1.54) is 33.0 Å². The van der Waals surface area contributed by atoms with Crippen LogP contribution < -0.4 is 16.4 Å². The minimum absolute atomic E-state index is 0.0380. The summed E-state index contributed by atoms with van der Waals surface area (Å²) in [7, 11) is 0. The van der Waals surface area contributed by atoms with E-state index >= 15 is 0 Å². The molecule has 2 aliphatic rings.